The molecule has 0 aliphatic heterocycles. The number of imidazole rings is 1. The van der Waals surface area contributed by atoms with Gasteiger partial charge in [-0.2, -0.15) is 0 Å². The number of carbonyl (C=O) groups is 1. The summed E-state index contributed by atoms with van der Waals surface area (Å²) < 4.78 is 1.97. The fourth-order valence-electron chi connectivity index (χ4n) is 3.26. The van der Waals surface area contributed by atoms with Crippen LogP contribution >= 0.6 is 11.6 Å². The van der Waals surface area contributed by atoms with E-state index in [0.717, 1.165) is 28.0 Å². The maximum atomic E-state index is 13.0. The number of para-hydroxylation sites is 2. The Hall–Kier alpha value is -3.11. The van der Waals surface area contributed by atoms with Crippen molar-refractivity contribution < 1.29 is 4.79 Å². The van der Waals surface area contributed by atoms with E-state index < -0.39 is 0 Å². The van der Waals surface area contributed by atoms with Gasteiger partial charge in [0.2, 0.25) is 5.91 Å². The van der Waals surface area contributed by atoms with Crippen molar-refractivity contribution >= 4 is 28.5 Å². The molecule has 3 aromatic carbocycles. The zero-order valence-electron chi connectivity index (χ0n) is 15.5. The van der Waals surface area contributed by atoms with Crippen LogP contribution in [0.25, 0.3) is 22.4 Å². The standard InChI is InChI=1S/C23H20ClN3O/c1-26(15-17-7-3-2-4-8-17)22(28)16-27-21-10-6-5-9-20(21)25-23(27)18-11-13-19(24)14-12-18/h2-14H,15-16H2,1H3. The second-order valence-corrected chi connectivity index (χ2v) is 7.19. The van der Waals surface area contributed by atoms with Crippen molar-refractivity contribution in [3.05, 3.63) is 89.4 Å². The van der Waals surface area contributed by atoms with Crippen LogP contribution in [0.5, 0.6) is 0 Å². The second-order valence-electron chi connectivity index (χ2n) is 6.75. The van der Waals surface area contributed by atoms with E-state index in [1.807, 2.05) is 90.5 Å². The maximum Gasteiger partial charge on any atom is 0.242 e. The summed E-state index contributed by atoms with van der Waals surface area (Å²) in [6.07, 6.45) is 0. The quantitative estimate of drug-likeness (QED) is 0.481. The van der Waals surface area contributed by atoms with Crippen LogP contribution in [0, 0.1) is 0 Å². The minimum atomic E-state index is 0.0298. The fraction of sp³-hybridized carbons (Fsp3) is 0.130. The highest BCUT2D eigenvalue weighted by atomic mass is 35.5. The predicted octanol–water partition coefficient (Wildman–Crippen LogP) is 5.02. The molecule has 0 unspecified atom stereocenters. The zero-order valence-corrected chi connectivity index (χ0v) is 16.3. The van der Waals surface area contributed by atoms with Gasteiger partial charge in [-0.1, -0.05) is 54.1 Å². The van der Waals surface area contributed by atoms with Crippen molar-refractivity contribution in [2.45, 2.75) is 13.1 Å². The van der Waals surface area contributed by atoms with Crippen LogP contribution < -0.4 is 0 Å². The summed E-state index contributed by atoms with van der Waals surface area (Å²) in [5.74, 6) is 0.793. The van der Waals surface area contributed by atoms with E-state index in [9.17, 15) is 4.79 Å². The number of benzene rings is 3. The average molecular weight is 390 g/mol. The van der Waals surface area contributed by atoms with Gasteiger partial charge in [-0.25, -0.2) is 4.98 Å². The summed E-state index contributed by atoms with van der Waals surface area (Å²) in [5.41, 5.74) is 3.84. The molecule has 140 valence electrons. The number of halogens is 1. The van der Waals surface area contributed by atoms with Gasteiger partial charge in [-0.15, -0.1) is 0 Å². The molecule has 0 spiro atoms. The van der Waals surface area contributed by atoms with Crippen LogP contribution in [-0.4, -0.2) is 27.4 Å². The first kappa shape index (κ1) is 18.3. The highest BCUT2D eigenvalue weighted by molar-refractivity contribution is 6.30. The molecule has 4 rings (SSSR count). The van der Waals surface area contributed by atoms with Crippen LogP contribution in [0.4, 0.5) is 0 Å². The van der Waals surface area contributed by atoms with Gasteiger partial charge in [0.25, 0.3) is 0 Å². The molecule has 0 fully saturated rings. The fourth-order valence-corrected chi connectivity index (χ4v) is 3.38. The molecular formula is C23H20ClN3O. The third-order valence-electron chi connectivity index (χ3n) is 4.74. The van der Waals surface area contributed by atoms with Gasteiger partial charge in [0.15, 0.2) is 0 Å². The zero-order chi connectivity index (χ0) is 19.5. The first-order chi connectivity index (χ1) is 13.6. The number of hydrogen-bond acceptors (Lipinski definition) is 2. The summed E-state index contributed by atoms with van der Waals surface area (Å²) in [6.45, 7) is 0.796. The van der Waals surface area contributed by atoms with Crippen LogP contribution in [0.15, 0.2) is 78.9 Å². The number of hydrogen-bond donors (Lipinski definition) is 0. The van der Waals surface area contributed by atoms with Crippen LogP contribution in [0.1, 0.15) is 5.56 Å². The SMILES string of the molecule is CN(Cc1ccccc1)C(=O)Cn1c(-c2ccc(Cl)cc2)nc2ccccc21. The number of amides is 1. The molecule has 4 aromatic rings. The van der Waals surface area contributed by atoms with E-state index in [1.165, 1.54) is 0 Å². The third kappa shape index (κ3) is 3.78. The Morgan fingerprint density at radius 1 is 0.964 bits per heavy atom. The lowest BCUT2D eigenvalue weighted by atomic mass is 10.2. The lowest BCUT2D eigenvalue weighted by Crippen LogP contribution is -2.30. The number of nitrogens with zero attached hydrogens (tertiary/aromatic N) is 3. The smallest absolute Gasteiger partial charge is 0.242 e. The number of fused-ring (bicyclic) bond motifs is 1. The van der Waals surface area contributed by atoms with Crippen molar-refractivity contribution in [3.63, 3.8) is 0 Å². The summed E-state index contributed by atoms with van der Waals surface area (Å²) >= 11 is 6.03. The van der Waals surface area contributed by atoms with Gasteiger partial charge in [0.1, 0.15) is 12.4 Å². The third-order valence-corrected chi connectivity index (χ3v) is 4.99. The van der Waals surface area contributed by atoms with Crippen LogP contribution in [0.3, 0.4) is 0 Å². The molecule has 0 saturated heterocycles. The summed E-state index contributed by atoms with van der Waals surface area (Å²) in [7, 11) is 1.83. The van der Waals surface area contributed by atoms with E-state index >= 15 is 0 Å². The molecule has 5 heteroatoms. The molecule has 0 saturated carbocycles. The molecule has 0 aliphatic carbocycles. The van der Waals surface area contributed by atoms with Gasteiger partial charge in [0.05, 0.1) is 11.0 Å². The van der Waals surface area contributed by atoms with Crippen molar-refractivity contribution in [1.29, 1.82) is 0 Å². The minimum absolute atomic E-state index is 0.0298. The van der Waals surface area contributed by atoms with Crippen molar-refractivity contribution in [3.8, 4) is 11.4 Å². The largest absolute Gasteiger partial charge is 0.340 e. The van der Waals surface area contributed by atoms with E-state index in [0.29, 0.717) is 11.6 Å². The maximum absolute atomic E-state index is 13.0. The summed E-state index contributed by atoms with van der Waals surface area (Å²) in [5, 5.41) is 0.671. The molecule has 1 amide bonds. The van der Waals surface area contributed by atoms with Crippen molar-refractivity contribution in [2.24, 2.45) is 0 Å². The van der Waals surface area contributed by atoms with Gasteiger partial charge in [0, 0.05) is 24.2 Å². The Kier molecular flexibility index (Phi) is 5.13. The Morgan fingerprint density at radius 3 is 2.39 bits per heavy atom. The molecule has 0 bridgehead atoms. The normalized spacial score (nSPS) is 10.9. The second kappa shape index (κ2) is 7.87. The number of rotatable bonds is 5. The van der Waals surface area contributed by atoms with Gasteiger partial charge in [-0.05, 0) is 42.0 Å². The number of likely N-dealkylation sites (N-methyl/N-ethyl adjacent to an activating group) is 1. The highest BCUT2D eigenvalue weighted by Gasteiger charge is 2.17. The Morgan fingerprint density at radius 2 is 1.64 bits per heavy atom. The molecule has 1 aromatic heterocycles. The molecule has 0 radical (unpaired) electrons. The molecule has 1 heterocycles. The van der Waals surface area contributed by atoms with Crippen molar-refractivity contribution in [1.82, 2.24) is 14.5 Å². The highest BCUT2D eigenvalue weighted by Crippen LogP contribution is 2.26. The number of carbonyl (C=O) groups excluding carboxylic acids is 1. The predicted molar refractivity (Wildman–Crippen MR) is 113 cm³/mol. The summed E-state index contributed by atoms with van der Waals surface area (Å²) in [6, 6.07) is 25.4. The number of aromatic nitrogens is 2. The first-order valence-electron chi connectivity index (χ1n) is 9.11. The lowest BCUT2D eigenvalue weighted by molar-refractivity contribution is -0.130. The van der Waals surface area contributed by atoms with E-state index in [-0.39, 0.29) is 12.5 Å². The molecular weight excluding hydrogens is 370 g/mol. The summed E-state index contributed by atoms with van der Waals surface area (Å²) in [4.78, 5) is 19.5. The average Bonchev–Trinajstić information content (AvgIpc) is 3.08. The molecule has 0 aliphatic rings. The topological polar surface area (TPSA) is 38.1 Å². The van der Waals surface area contributed by atoms with Crippen LogP contribution in [0.2, 0.25) is 5.02 Å². The van der Waals surface area contributed by atoms with Crippen LogP contribution in [-0.2, 0) is 17.9 Å². The molecule has 4 nitrogen and oxygen atoms in total. The van der Waals surface area contributed by atoms with E-state index in [4.69, 9.17) is 16.6 Å². The first-order valence-corrected chi connectivity index (χ1v) is 9.49. The Bertz CT molecular complexity index is 1100. The van der Waals surface area contributed by atoms with Gasteiger partial charge in [-0.3, -0.25) is 4.79 Å². The monoisotopic (exact) mass is 389 g/mol. The van der Waals surface area contributed by atoms with E-state index in [1.54, 1.807) is 4.90 Å². The van der Waals surface area contributed by atoms with E-state index in [2.05, 4.69) is 0 Å². The van der Waals surface area contributed by atoms with Gasteiger partial charge < -0.3 is 9.47 Å². The molecule has 28 heavy (non-hydrogen) atoms. The molecule has 0 atom stereocenters. The Balaban J connectivity index is 1.66. The van der Waals surface area contributed by atoms with Gasteiger partial charge >= 0.3 is 0 Å². The Labute approximate surface area is 169 Å². The van der Waals surface area contributed by atoms with Crippen molar-refractivity contribution in [2.75, 3.05) is 7.05 Å². The molecule has 0 N–H and O–H groups in total. The minimum Gasteiger partial charge on any atom is -0.340 e. The lowest BCUT2D eigenvalue weighted by Gasteiger charge is -2.19.